The molecule has 0 fully saturated rings. The quantitative estimate of drug-likeness (QED) is 0.343. The van der Waals surface area contributed by atoms with E-state index in [1.54, 1.807) is 6.07 Å². The van der Waals surface area contributed by atoms with Crippen molar-refractivity contribution in [1.82, 2.24) is 5.32 Å². The molecule has 0 bridgehead atoms. The molecule has 1 aliphatic carbocycles. The van der Waals surface area contributed by atoms with Crippen molar-refractivity contribution in [3.8, 4) is 11.1 Å². The molecule has 0 saturated carbocycles. The van der Waals surface area contributed by atoms with Crippen molar-refractivity contribution in [2.24, 2.45) is 0 Å². The van der Waals surface area contributed by atoms with E-state index in [2.05, 4.69) is 50.8 Å². The zero-order valence-electron chi connectivity index (χ0n) is 18.2. The molecule has 0 radical (unpaired) electrons. The van der Waals surface area contributed by atoms with Gasteiger partial charge in [-0.05, 0) is 46.9 Å². The van der Waals surface area contributed by atoms with Crippen molar-refractivity contribution in [2.75, 3.05) is 18.5 Å². The number of alkyl carbamates (subject to hydrolysis) is 1. The van der Waals surface area contributed by atoms with Crippen LogP contribution in [-0.4, -0.2) is 36.2 Å². The van der Waals surface area contributed by atoms with Crippen molar-refractivity contribution >= 4 is 39.6 Å². The maximum atomic E-state index is 12.2. The molecule has 0 spiro atoms. The van der Waals surface area contributed by atoms with Crippen LogP contribution < -0.4 is 10.6 Å². The fourth-order valence-electron chi connectivity index (χ4n) is 4.10. The minimum absolute atomic E-state index is 0.00943. The van der Waals surface area contributed by atoms with Crippen LogP contribution >= 0.6 is 15.9 Å². The highest BCUT2D eigenvalue weighted by molar-refractivity contribution is 9.10. The second-order valence-electron chi connectivity index (χ2n) is 7.94. The third-order valence-electron chi connectivity index (χ3n) is 5.62. The first kappa shape index (κ1) is 23.5. The van der Waals surface area contributed by atoms with Gasteiger partial charge in [0.15, 0.2) is 0 Å². The number of nitrogens with one attached hydrogen (secondary N) is 2. The smallest absolute Gasteiger partial charge is 0.407 e. The number of carboxylic acid groups (broad SMARTS) is 1. The van der Waals surface area contributed by atoms with Gasteiger partial charge in [-0.1, -0.05) is 64.5 Å². The molecule has 3 aromatic rings. The fraction of sp³-hybridized carbons (Fsp3) is 0.192. The minimum Gasteiger partial charge on any atom is -0.478 e. The number of fused-ring (bicyclic) bond motifs is 3. The van der Waals surface area contributed by atoms with Gasteiger partial charge in [-0.3, -0.25) is 4.79 Å². The molecule has 3 N–H and O–H groups in total. The molecule has 174 valence electrons. The van der Waals surface area contributed by atoms with E-state index in [4.69, 9.17) is 9.84 Å². The van der Waals surface area contributed by atoms with Crippen LogP contribution in [0.3, 0.4) is 0 Å². The van der Waals surface area contributed by atoms with Crippen LogP contribution in [0.15, 0.2) is 71.2 Å². The summed E-state index contributed by atoms with van der Waals surface area (Å²) in [6.07, 6.45) is 0.0503. The van der Waals surface area contributed by atoms with Crippen LogP contribution in [-0.2, 0) is 9.53 Å². The van der Waals surface area contributed by atoms with Crippen LogP contribution in [0.5, 0.6) is 0 Å². The molecule has 0 heterocycles. The number of benzene rings is 3. The Balaban J connectivity index is 1.22. The number of halogens is 1. The van der Waals surface area contributed by atoms with E-state index in [1.165, 1.54) is 23.3 Å². The van der Waals surface area contributed by atoms with Crippen molar-refractivity contribution in [1.29, 1.82) is 0 Å². The van der Waals surface area contributed by atoms with E-state index in [0.717, 1.165) is 11.1 Å². The molecule has 8 heteroatoms. The summed E-state index contributed by atoms with van der Waals surface area (Å²) < 4.78 is 6.03. The van der Waals surface area contributed by atoms with Gasteiger partial charge < -0.3 is 20.5 Å². The lowest BCUT2D eigenvalue weighted by molar-refractivity contribution is -0.116. The van der Waals surface area contributed by atoms with Gasteiger partial charge in [0.05, 0.1) is 5.56 Å². The predicted octanol–water partition coefficient (Wildman–Crippen LogP) is 5.40. The molecule has 3 aromatic carbocycles. The Morgan fingerprint density at radius 2 is 1.59 bits per heavy atom. The summed E-state index contributed by atoms with van der Waals surface area (Å²) >= 11 is 3.23. The highest BCUT2D eigenvalue weighted by Crippen LogP contribution is 2.44. The third-order valence-corrected chi connectivity index (χ3v) is 6.08. The summed E-state index contributed by atoms with van der Waals surface area (Å²) in [7, 11) is 0. The van der Waals surface area contributed by atoms with Crippen molar-refractivity contribution in [3.63, 3.8) is 0 Å². The van der Waals surface area contributed by atoms with E-state index in [-0.39, 0.29) is 37.0 Å². The van der Waals surface area contributed by atoms with Gasteiger partial charge in [0, 0.05) is 29.0 Å². The van der Waals surface area contributed by atoms with Crippen LogP contribution in [0, 0.1) is 0 Å². The number of carbonyl (C=O) groups is 3. The zero-order valence-corrected chi connectivity index (χ0v) is 19.8. The van der Waals surface area contributed by atoms with Gasteiger partial charge >= 0.3 is 12.1 Å². The number of hydrogen-bond acceptors (Lipinski definition) is 4. The number of ether oxygens (including phenoxy) is 1. The number of rotatable bonds is 8. The number of hydrogen-bond donors (Lipinski definition) is 3. The molecule has 7 nitrogen and oxygen atoms in total. The zero-order chi connectivity index (χ0) is 24.1. The molecule has 34 heavy (non-hydrogen) atoms. The molecule has 4 rings (SSSR count). The first-order valence-electron chi connectivity index (χ1n) is 10.8. The molecule has 0 unspecified atom stereocenters. The molecular formula is C26H23BrN2O5. The van der Waals surface area contributed by atoms with Crippen LogP contribution in [0.2, 0.25) is 0 Å². The van der Waals surface area contributed by atoms with E-state index in [0.29, 0.717) is 16.6 Å². The highest BCUT2D eigenvalue weighted by Gasteiger charge is 2.28. The Morgan fingerprint density at radius 3 is 2.24 bits per heavy atom. The highest BCUT2D eigenvalue weighted by atomic mass is 79.9. The lowest BCUT2D eigenvalue weighted by atomic mass is 9.98. The molecule has 2 amide bonds. The predicted molar refractivity (Wildman–Crippen MR) is 132 cm³/mol. The molecule has 0 aromatic heterocycles. The topological polar surface area (TPSA) is 105 Å². The second kappa shape index (κ2) is 10.5. The minimum atomic E-state index is -1.08. The third kappa shape index (κ3) is 5.46. The van der Waals surface area contributed by atoms with E-state index in [1.807, 2.05) is 24.3 Å². The maximum absolute atomic E-state index is 12.2. The number of carboxylic acids is 1. The Hall–Kier alpha value is -3.65. The largest absolute Gasteiger partial charge is 0.478 e. The summed E-state index contributed by atoms with van der Waals surface area (Å²) in [5.74, 6) is -1.36. The Kier molecular flexibility index (Phi) is 7.27. The monoisotopic (exact) mass is 522 g/mol. The number of anilines is 1. The molecule has 0 saturated heterocycles. The Morgan fingerprint density at radius 1 is 0.941 bits per heavy atom. The summed E-state index contributed by atoms with van der Waals surface area (Å²) in [6, 6.07) is 20.7. The van der Waals surface area contributed by atoms with Crippen molar-refractivity contribution < 1.29 is 24.2 Å². The van der Waals surface area contributed by atoms with Crippen LogP contribution in [0.25, 0.3) is 11.1 Å². The van der Waals surface area contributed by atoms with Crippen LogP contribution in [0.1, 0.15) is 40.2 Å². The Labute approximate surface area is 205 Å². The lowest BCUT2D eigenvalue weighted by Crippen LogP contribution is -2.27. The van der Waals surface area contributed by atoms with Crippen molar-refractivity contribution in [3.05, 3.63) is 87.9 Å². The van der Waals surface area contributed by atoms with Crippen LogP contribution in [0.4, 0.5) is 10.5 Å². The first-order chi connectivity index (χ1) is 16.4. The maximum Gasteiger partial charge on any atom is 0.407 e. The second-order valence-corrected chi connectivity index (χ2v) is 8.85. The standard InChI is InChI=1S/C26H23BrN2O5/c27-17-12-16(25(31)32)13-18(14-17)29-24(30)10-5-11-28-26(33)34-15-23-21-8-3-1-6-19(21)20-7-2-4-9-22(20)23/h1-4,6-9,12-14,23H,5,10-11,15H2,(H,28,33)(H,29,30)(H,31,32). The van der Waals surface area contributed by atoms with Gasteiger partial charge in [0.2, 0.25) is 5.91 Å². The van der Waals surface area contributed by atoms with Gasteiger partial charge in [-0.2, -0.15) is 0 Å². The van der Waals surface area contributed by atoms with Crippen molar-refractivity contribution in [2.45, 2.75) is 18.8 Å². The lowest BCUT2D eigenvalue weighted by Gasteiger charge is -2.14. The van der Waals surface area contributed by atoms with E-state index in [9.17, 15) is 14.4 Å². The molecular weight excluding hydrogens is 500 g/mol. The number of aromatic carboxylic acids is 1. The molecule has 1 aliphatic rings. The van der Waals surface area contributed by atoms with Gasteiger partial charge in [-0.15, -0.1) is 0 Å². The van der Waals surface area contributed by atoms with E-state index < -0.39 is 12.1 Å². The van der Waals surface area contributed by atoms with E-state index >= 15 is 0 Å². The Bertz CT molecular complexity index is 1200. The average Bonchev–Trinajstić information content (AvgIpc) is 3.14. The molecule has 0 aliphatic heterocycles. The van der Waals surface area contributed by atoms with Gasteiger partial charge in [-0.25, -0.2) is 9.59 Å². The first-order valence-corrected chi connectivity index (χ1v) is 11.6. The number of amides is 2. The average molecular weight is 523 g/mol. The fourth-order valence-corrected chi connectivity index (χ4v) is 4.59. The summed E-state index contributed by atoms with van der Waals surface area (Å²) in [5, 5.41) is 14.5. The normalized spacial score (nSPS) is 11.9. The summed E-state index contributed by atoms with van der Waals surface area (Å²) in [4.78, 5) is 35.5. The SMILES string of the molecule is O=C(CCCNC(=O)OCC1c2ccccc2-c2ccccc21)Nc1cc(Br)cc(C(=O)O)c1. The number of carbonyl (C=O) groups excluding carboxylic acids is 2. The van der Waals surface area contributed by atoms with Gasteiger partial charge in [0.25, 0.3) is 0 Å². The van der Waals surface area contributed by atoms with Gasteiger partial charge in [0.1, 0.15) is 6.61 Å². The molecule has 0 atom stereocenters. The summed E-state index contributed by atoms with van der Waals surface area (Å²) in [6.45, 7) is 0.512. The summed E-state index contributed by atoms with van der Waals surface area (Å²) in [5.41, 5.74) is 5.08.